The monoisotopic (exact) mass is 562 g/mol. The summed E-state index contributed by atoms with van der Waals surface area (Å²) in [7, 11) is -4.22. The number of carbonyl (C=O) groups is 1. The Balaban J connectivity index is 1.53. The van der Waals surface area contributed by atoms with Crippen LogP contribution in [0.3, 0.4) is 0 Å². The SMILES string of the molecule is O=C(O)C1(C2CCN(Cc3ccccc3)C2)C=CC(NS(=O)(=O)c2c(Cl)sc(Cl)c2Cl)=CC1O. The molecule has 1 aromatic heterocycles. The lowest BCUT2D eigenvalue weighted by molar-refractivity contribution is -0.154. The standard InChI is InChI=1S/C22H21Cl3N2O5S2/c23-17-18(20(25)33-19(17)24)34(31,32)26-15-6-8-22(21(29)30,16(28)10-15)14-7-9-27(12-14)11-13-4-2-1-3-5-13/h1-6,8,10,14,16,26,28H,7,9,11-12H2,(H,29,30). The highest BCUT2D eigenvalue weighted by Crippen LogP contribution is 2.45. The van der Waals surface area contributed by atoms with E-state index in [1.165, 1.54) is 18.2 Å². The summed E-state index contributed by atoms with van der Waals surface area (Å²) < 4.78 is 27.9. The van der Waals surface area contributed by atoms with Crippen molar-refractivity contribution < 1.29 is 23.4 Å². The first-order valence-electron chi connectivity index (χ1n) is 10.3. The van der Waals surface area contributed by atoms with Crippen LogP contribution in [0.15, 0.2) is 59.2 Å². The maximum atomic E-state index is 12.8. The van der Waals surface area contributed by atoms with Crippen LogP contribution >= 0.6 is 46.1 Å². The summed E-state index contributed by atoms with van der Waals surface area (Å²) in [6.45, 7) is 1.85. The summed E-state index contributed by atoms with van der Waals surface area (Å²) in [4.78, 5) is 14.2. The van der Waals surface area contributed by atoms with E-state index in [-0.39, 0.29) is 30.2 Å². The van der Waals surface area contributed by atoms with Gasteiger partial charge in [-0.05, 0) is 36.6 Å². The average molecular weight is 564 g/mol. The van der Waals surface area contributed by atoms with Crippen LogP contribution in [-0.4, -0.2) is 48.7 Å². The number of thiophene rings is 1. The van der Waals surface area contributed by atoms with Gasteiger partial charge in [0, 0.05) is 18.8 Å². The van der Waals surface area contributed by atoms with Crippen LogP contribution in [0.4, 0.5) is 0 Å². The molecule has 2 aliphatic rings. The Kier molecular flexibility index (Phi) is 7.36. The van der Waals surface area contributed by atoms with Gasteiger partial charge in [0.15, 0.2) is 0 Å². The molecule has 1 aromatic carbocycles. The molecule has 0 bridgehead atoms. The van der Waals surface area contributed by atoms with Gasteiger partial charge in [-0.3, -0.25) is 14.4 Å². The van der Waals surface area contributed by atoms with Crippen molar-refractivity contribution in [3.8, 4) is 0 Å². The van der Waals surface area contributed by atoms with Gasteiger partial charge in [-0.2, -0.15) is 0 Å². The highest BCUT2D eigenvalue weighted by molar-refractivity contribution is 7.90. The molecule has 0 radical (unpaired) electrons. The summed E-state index contributed by atoms with van der Waals surface area (Å²) in [5, 5.41) is 20.9. The van der Waals surface area contributed by atoms with Crippen LogP contribution in [0.25, 0.3) is 0 Å². The van der Waals surface area contributed by atoms with Crippen molar-refractivity contribution in [3.05, 3.63) is 73.5 Å². The van der Waals surface area contributed by atoms with Gasteiger partial charge in [-0.25, -0.2) is 8.42 Å². The van der Waals surface area contributed by atoms with E-state index in [1.807, 2.05) is 30.3 Å². The number of nitrogens with zero attached hydrogens (tertiary/aromatic N) is 1. The van der Waals surface area contributed by atoms with Crippen LogP contribution in [0, 0.1) is 11.3 Å². The van der Waals surface area contributed by atoms with Gasteiger partial charge in [-0.15, -0.1) is 11.3 Å². The molecule has 1 aliphatic carbocycles. The first kappa shape index (κ1) is 25.5. The molecule has 2 heterocycles. The number of allylic oxidation sites excluding steroid dienone is 1. The van der Waals surface area contributed by atoms with Crippen LogP contribution in [-0.2, 0) is 21.4 Å². The van der Waals surface area contributed by atoms with Crippen molar-refractivity contribution in [2.45, 2.75) is 24.0 Å². The van der Waals surface area contributed by atoms with Gasteiger partial charge in [0.1, 0.15) is 19.0 Å². The quantitative estimate of drug-likeness (QED) is 0.461. The first-order valence-corrected chi connectivity index (χ1v) is 13.7. The fourth-order valence-corrected chi connectivity index (χ4v) is 8.40. The minimum atomic E-state index is -4.22. The molecule has 12 heteroatoms. The van der Waals surface area contributed by atoms with E-state index in [4.69, 9.17) is 34.8 Å². The number of likely N-dealkylation sites (tertiary alicyclic amines) is 1. The number of sulfonamides is 1. The maximum Gasteiger partial charge on any atom is 0.316 e. The van der Waals surface area contributed by atoms with Gasteiger partial charge in [0.2, 0.25) is 0 Å². The Morgan fingerprint density at radius 2 is 1.91 bits per heavy atom. The number of aliphatic hydroxyl groups excluding tert-OH is 1. The predicted octanol–water partition coefficient (Wildman–Crippen LogP) is 4.39. The second kappa shape index (κ2) is 9.81. The number of aliphatic hydroxyl groups is 1. The van der Waals surface area contributed by atoms with Crippen LogP contribution in [0.2, 0.25) is 13.7 Å². The third-order valence-electron chi connectivity index (χ3n) is 6.18. The van der Waals surface area contributed by atoms with E-state index in [1.54, 1.807) is 0 Å². The zero-order valence-electron chi connectivity index (χ0n) is 17.6. The van der Waals surface area contributed by atoms with Crippen molar-refractivity contribution in [2.24, 2.45) is 11.3 Å². The molecule has 3 atom stereocenters. The molecule has 1 aliphatic heterocycles. The summed E-state index contributed by atoms with van der Waals surface area (Å²) in [5.74, 6) is -1.54. The highest BCUT2D eigenvalue weighted by Gasteiger charge is 2.52. The number of hydrogen-bond acceptors (Lipinski definition) is 6. The van der Waals surface area contributed by atoms with E-state index >= 15 is 0 Å². The van der Waals surface area contributed by atoms with Crippen molar-refractivity contribution in [3.63, 3.8) is 0 Å². The highest BCUT2D eigenvalue weighted by atomic mass is 35.5. The maximum absolute atomic E-state index is 12.8. The van der Waals surface area contributed by atoms with Gasteiger partial charge >= 0.3 is 5.97 Å². The number of carboxylic acids is 1. The Bertz CT molecular complexity index is 1260. The molecule has 4 rings (SSSR count). The lowest BCUT2D eigenvalue weighted by Gasteiger charge is -2.37. The number of rotatable bonds is 7. The molecule has 7 nitrogen and oxygen atoms in total. The number of hydrogen-bond donors (Lipinski definition) is 3. The molecule has 1 saturated heterocycles. The van der Waals surface area contributed by atoms with Crippen LogP contribution < -0.4 is 4.72 Å². The fourth-order valence-electron chi connectivity index (χ4n) is 4.49. The molecule has 3 unspecified atom stereocenters. The van der Waals surface area contributed by atoms with E-state index in [2.05, 4.69) is 9.62 Å². The van der Waals surface area contributed by atoms with Crippen molar-refractivity contribution in [2.75, 3.05) is 13.1 Å². The second-order valence-electron chi connectivity index (χ2n) is 8.24. The zero-order chi connectivity index (χ0) is 24.7. The van der Waals surface area contributed by atoms with Crippen LogP contribution in [0.5, 0.6) is 0 Å². The molecule has 1 fully saturated rings. The van der Waals surface area contributed by atoms with Crippen molar-refractivity contribution in [1.29, 1.82) is 0 Å². The second-order valence-corrected chi connectivity index (χ2v) is 12.5. The normalized spacial score (nSPS) is 25.4. The van der Waals surface area contributed by atoms with Crippen molar-refractivity contribution >= 4 is 62.1 Å². The fraction of sp³-hybridized carbons (Fsp3) is 0.318. The topological polar surface area (TPSA) is 107 Å². The predicted molar refractivity (Wildman–Crippen MR) is 133 cm³/mol. The van der Waals surface area contributed by atoms with Gasteiger partial charge < -0.3 is 10.2 Å². The lowest BCUT2D eigenvalue weighted by Crippen LogP contribution is -2.49. The number of benzene rings is 1. The largest absolute Gasteiger partial charge is 0.481 e. The molecular formula is C22H21Cl3N2O5S2. The molecule has 2 aromatic rings. The Hall–Kier alpha value is -1.59. The summed E-state index contributed by atoms with van der Waals surface area (Å²) in [6, 6.07) is 9.86. The summed E-state index contributed by atoms with van der Waals surface area (Å²) in [6.07, 6.45) is 3.05. The molecular weight excluding hydrogens is 543 g/mol. The van der Waals surface area contributed by atoms with Crippen LogP contribution in [0.1, 0.15) is 12.0 Å². The minimum Gasteiger partial charge on any atom is -0.481 e. The number of halogens is 3. The first-order chi connectivity index (χ1) is 16.0. The van der Waals surface area contributed by atoms with Gasteiger partial charge in [0.25, 0.3) is 10.0 Å². The van der Waals surface area contributed by atoms with Gasteiger partial charge in [-0.1, -0.05) is 71.2 Å². The van der Waals surface area contributed by atoms with E-state index in [0.29, 0.717) is 26.1 Å². The minimum absolute atomic E-state index is 0.0120. The summed E-state index contributed by atoms with van der Waals surface area (Å²) in [5.41, 5.74) is -0.450. The average Bonchev–Trinajstić information content (AvgIpc) is 3.32. The number of nitrogens with one attached hydrogen (secondary N) is 1. The molecule has 0 spiro atoms. The lowest BCUT2D eigenvalue weighted by atomic mass is 9.68. The molecule has 182 valence electrons. The Labute approximate surface area is 216 Å². The molecule has 0 saturated carbocycles. The number of aliphatic carboxylic acids is 1. The Morgan fingerprint density at radius 3 is 2.50 bits per heavy atom. The Morgan fingerprint density at radius 1 is 1.21 bits per heavy atom. The number of carboxylic acid groups (broad SMARTS) is 1. The van der Waals surface area contributed by atoms with Crippen molar-refractivity contribution in [1.82, 2.24) is 9.62 Å². The smallest absolute Gasteiger partial charge is 0.316 e. The molecule has 3 N–H and O–H groups in total. The third kappa shape index (κ3) is 4.75. The third-order valence-corrected chi connectivity index (χ3v) is 10.2. The molecule has 34 heavy (non-hydrogen) atoms. The zero-order valence-corrected chi connectivity index (χ0v) is 21.5. The van der Waals surface area contributed by atoms with Gasteiger partial charge in [0.05, 0.1) is 11.1 Å². The summed E-state index contributed by atoms with van der Waals surface area (Å²) >= 11 is 18.7. The van der Waals surface area contributed by atoms with E-state index < -0.39 is 27.5 Å². The van der Waals surface area contributed by atoms with E-state index in [0.717, 1.165) is 16.9 Å². The van der Waals surface area contributed by atoms with E-state index in [9.17, 15) is 23.4 Å². The molecule has 0 amide bonds.